The molecule has 0 aliphatic heterocycles. The lowest BCUT2D eigenvalue weighted by Gasteiger charge is -2.07. The summed E-state index contributed by atoms with van der Waals surface area (Å²) in [7, 11) is 3.60. The van der Waals surface area contributed by atoms with Gasteiger partial charge in [-0.2, -0.15) is 5.10 Å². The van der Waals surface area contributed by atoms with Crippen molar-refractivity contribution < 1.29 is 0 Å². The minimum absolute atomic E-state index is 0.361. The fraction of sp³-hybridized carbons (Fsp3) is 0.200. The lowest BCUT2D eigenvalue weighted by molar-refractivity contribution is 0.611. The molecule has 0 fully saturated rings. The molecule has 0 heterocycles. The van der Waals surface area contributed by atoms with Gasteiger partial charge in [0.05, 0.1) is 6.21 Å². The quantitative estimate of drug-likeness (QED) is 0.471. The van der Waals surface area contributed by atoms with Gasteiger partial charge in [0, 0.05) is 19.1 Å². The highest BCUT2D eigenvalue weighted by Crippen LogP contribution is 2.07. The monoisotopic (exact) mass is 224 g/mol. The van der Waals surface area contributed by atoms with Crippen LogP contribution in [0.3, 0.4) is 0 Å². The van der Waals surface area contributed by atoms with Crippen molar-refractivity contribution in [1.82, 2.24) is 4.90 Å². The molecule has 0 aliphatic carbocycles. The number of hydrogen-bond acceptors (Lipinski definition) is 2. The second kappa shape index (κ2) is 5.36. The molecule has 0 bridgehead atoms. The molecule has 15 heavy (non-hydrogen) atoms. The van der Waals surface area contributed by atoms with Crippen molar-refractivity contribution in [3.05, 3.63) is 34.9 Å². The molecule has 5 heteroatoms. The summed E-state index contributed by atoms with van der Waals surface area (Å²) in [5.74, 6) is 0.361. The highest BCUT2D eigenvalue weighted by molar-refractivity contribution is 6.30. The van der Waals surface area contributed by atoms with E-state index in [9.17, 15) is 0 Å². The first kappa shape index (κ1) is 11.5. The van der Waals surface area contributed by atoms with Crippen LogP contribution in [0.1, 0.15) is 5.56 Å². The predicted molar refractivity (Wildman–Crippen MR) is 64.4 cm³/mol. The van der Waals surface area contributed by atoms with Gasteiger partial charge >= 0.3 is 0 Å². The van der Waals surface area contributed by atoms with E-state index < -0.39 is 0 Å². The Morgan fingerprint density at radius 1 is 1.33 bits per heavy atom. The number of hydrogen-bond donors (Lipinski definition) is 1. The minimum atomic E-state index is 0.361. The van der Waals surface area contributed by atoms with Crippen molar-refractivity contribution in [1.29, 1.82) is 0 Å². The average Bonchev–Trinajstić information content (AvgIpc) is 2.20. The maximum absolute atomic E-state index is 5.74. The Morgan fingerprint density at radius 2 is 1.93 bits per heavy atom. The molecular weight excluding hydrogens is 212 g/mol. The van der Waals surface area contributed by atoms with Crippen LogP contribution in [0.5, 0.6) is 0 Å². The van der Waals surface area contributed by atoms with Gasteiger partial charge in [0.25, 0.3) is 0 Å². The van der Waals surface area contributed by atoms with Crippen LogP contribution in [-0.4, -0.2) is 31.2 Å². The molecule has 1 aromatic rings. The minimum Gasteiger partial charge on any atom is -0.368 e. The third-order valence-electron chi connectivity index (χ3n) is 1.70. The topological polar surface area (TPSA) is 54.0 Å². The van der Waals surface area contributed by atoms with E-state index in [4.69, 9.17) is 17.3 Å². The Hall–Kier alpha value is -1.55. The number of nitrogens with two attached hydrogens (primary N) is 1. The fourth-order valence-corrected chi connectivity index (χ4v) is 0.919. The zero-order valence-electron chi connectivity index (χ0n) is 8.68. The van der Waals surface area contributed by atoms with E-state index in [2.05, 4.69) is 10.2 Å². The van der Waals surface area contributed by atoms with E-state index in [1.54, 1.807) is 37.3 Å². The van der Waals surface area contributed by atoms with Crippen molar-refractivity contribution in [3.8, 4) is 0 Å². The molecule has 0 saturated carbocycles. The zero-order chi connectivity index (χ0) is 11.3. The Balaban J connectivity index is 2.66. The van der Waals surface area contributed by atoms with E-state index >= 15 is 0 Å². The molecular formula is C10H13ClN4. The molecule has 0 aliphatic rings. The van der Waals surface area contributed by atoms with Crippen LogP contribution in [0, 0.1) is 0 Å². The van der Waals surface area contributed by atoms with E-state index in [-0.39, 0.29) is 0 Å². The van der Waals surface area contributed by atoms with Crippen LogP contribution < -0.4 is 5.73 Å². The molecule has 0 aromatic heterocycles. The Kier molecular flexibility index (Phi) is 4.12. The average molecular weight is 225 g/mol. The summed E-state index contributed by atoms with van der Waals surface area (Å²) in [6.45, 7) is 0. The summed E-state index contributed by atoms with van der Waals surface area (Å²) < 4.78 is 0. The Bertz CT molecular complexity index is 368. The number of halogens is 1. The summed E-state index contributed by atoms with van der Waals surface area (Å²) >= 11 is 5.74. The second-order valence-electron chi connectivity index (χ2n) is 3.15. The van der Waals surface area contributed by atoms with Gasteiger partial charge in [-0.25, -0.2) is 0 Å². The molecule has 1 rings (SSSR count). The lowest BCUT2D eigenvalue weighted by atomic mass is 10.2. The molecule has 0 spiro atoms. The summed E-state index contributed by atoms with van der Waals surface area (Å²) in [6, 6.07) is 7.30. The van der Waals surface area contributed by atoms with Gasteiger partial charge in [-0.3, -0.25) is 0 Å². The van der Waals surface area contributed by atoms with Crippen LogP contribution in [-0.2, 0) is 0 Å². The SMILES string of the molecule is CN(C)/C(N)=N/N=C/c1ccc(Cl)cc1. The van der Waals surface area contributed by atoms with Gasteiger partial charge in [-0.05, 0) is 17.7 Å². The first-order valence-electron chi connectivity index (χ1n) is 4.39. The van der Waals surface area contributed by atoms with Gasteiger partial charge in [0.15, 0.2) is 0 Å². The highest BCUT2D eigenvalue weighted by Gasteiger charge is 1.91. The van der Waals surface area contributed by atoms with Crippen LogP contribution in [0.15, 0.2) is 34.5 Å². The Labute approximate surface area is 94.1 Å². The molecule has 0 unspecified atom stereocenters. The first-order valence-corrected chi connectivity index (χ1v) is 4.77. The van der Waals surface area contributed by atoms with E-state index in [1.165, 1.54) is 0 Å². The molecule has 0 amide bonds. The number of benzene rings is 1. The highest BCUT2D eigenvalue weighted by atomic mass is 35.5. The van der Waals surface area contributed by atoms with Crippen molar-refractivity contribution >= 4 is 23.8 Å². The number of guanidine groups is 1. The van der Waals surface area contributed by atoms with Gasteiger partial charge in [0.2, 0.25) is 5.96 Å². The fourth-order valence-electron chi connectivity index (χ4n) is 0.793. The molecule has 2 N–H and O–H groups in total. The summed E-state index contributed by atoms with van der Waals surface area (Å²) in [4.78, 5) is 1.68. The van der Waals surface area contributed by atoms with Gasteiger partial charge < -0.3 is 10.6 Å². The van der Waals surface area contributed by atoms with Crippen LogP contribution in [0.4, 0.5) is 0 Å². The van der Waals surface area contributed by atoms with E-state index in [0.29, 0.717) is 11.0 Å². The van der Waals surface area contributed by atoms with Crippen molar-refractivity contribution in [3.63, 3.8) is 0 Å². The van der Waals surface area contributed by atoms with Crippen LogP contribution in [0.2, 0.25) is 5.02 Å². The molecule has 0 saturated heterocycles. The molecule has 4 nitrogen and oxygen atoms in total. The Morgan fingerprint density at radius 3 is 2.47 bits per heavy atom. The predicted octanol–water partition coefficient (Wildman–Crippen LogP) is 1.55. The first-order chi connectivity index (χ1) is 7.09. The zero-order valence-corrected chi connectivity index (χ0v) is 9.44. The maximum Gasteiger partial charge on any atom is 0.215 e. The van der Waals surface area contributed by atoms with Gasteiger partial charge in [-0.15, -0.1) is 5.10 Å². The smallest absolute Gasteiger partial charge is 0.215 e. The molecule has 80 valence electrons. The summed E-state index contributed by atoms with van der Waals surface area (Å²) in [5, 5.41) is 8.34. The standard InChI is InChI=1S/C10H13ClN4/c1-15(2)10(12)14-13-7-8-3-5-9(11)6-4-8/h3-7H,1-2H3,(H2,12,14)/b13-7+. The lowest BCUT2D eigenvalue weighted by Crippen LogP contribution is -2.29. The second-order valence-corrected chi connectivity index (χ2v) is 3.59. The van der Waals surface area contributed by atoms with Crippen molar-refractivity contribution in [2.24, 2.45) is 15.9 Å². The van der Waals surface area contributed by atoms with Gasteiger partial charge in [-0.1, -0.05) is 23.7 Å². The van der Waals surface area contributed by atoms with Crippen LogP contribution >= 0.6 is 11.6 Å². The van der Waals surface area contributed by atoms with Crippen molar-refractivity contribution in [2.75, 3.05) is 14.1 Å². The number of rotatable bonds is 2. The normalized spacial score (nSPS) is 12.1. The largest absolute Gasteiger partial charge is 0.368 e. The molecule has 1 aromatic carbocycles. The maximum atomic E-state index is 5.74. The molecule has 0 radical (unpaired) electrons. The van der Waals surface area contributed by atoms with E-state index in [0.717, 1.165) is 5.56 Å². The van der Waals surface area contributed by atoms with Gasteiger partial charge in [0.1, 0.15) is 0 Å². The molecule has 0 atom stereocenters. The van der Waals surface area contributed by atoms with Crippen molar-refractivity contribution in [2.45, 2.75) is 0 Å². The third kappa shape index (κ3) is 3.99. The number of nitrogens with zero attached hydrogens (tertiary/aromatic N) is 3. The third-order valence-corrected chi connectivity index (χ3v) is 1.95. The van der Waals surface area contributed by atoms with E-state index in [1.807, 2.05) is 12.1 Å². The van der Waals surface area contributed by atoms with Crippen LogP contribution in [0.25, 0.3) is 0 Å². The summed E-state index contributed by atoms with van der Waals surface area (Å²) in [5.41, 5.74) is 6.47. The summed E-state index contributed by atoms with van der Waals surface area (Å²) in [6.07, 6.45) is 1.62.